The number of Topliss-reactive ketones (excluding diaryl/α,β-unsaturated/α-hetero) is 1. The van der Waals surface area contributed by atoms with Gasteiger partial charge in [-0.05, 0) is 26.3 Å². The Balaban J connectivity index is 2.75. The quantitative estimate of drug-likeness (QED) is 0.299. The Morgan fingerprint density at radius 3 is 2.33 bits per heavy atom. The molecular weight excluding hydrogens is 374 g/mol. The Morgan fingerprint density at radius 2 is 1.89 bits per heavy atom. The van der Waals surface area contributed by atoms with E-state index in [9.17, 15) is 28.1 Å². The summed E-state index contributed by atoms with van der Waals surface area (Å²) in [5, 5.41) is 11.3. The zero-order chi connectivity index (χ0) is 20.4. The van der Waals surface area contributed by atoms with Crippen molar-refractivity contribution in [1.29, 1.82) is 0 Å². The first-order chi connectivity index (χ1) is 12.6. The molecule has 1 aliphatic heterocycles. The van der Waals surface area contributed by atoms with Crippen LogP contribution in [0.1, 0.15) is 32.3 Å². The van der Waals surface area contributed by atoms with Gasteiger partial charge in [0.15, 0.2) is 9.84 Å². The third-order valence-corrected chi connectivity index (χ3v) is 6.61. The van der Waals surface area contributed by atoms with E-state index < -0.39 is 50.1 Å². The van der Waals surface area contributed by atoms with Crippen molar-refractivity contribution < 1.29 is 27.7 Å². The molecule has 2 rings (SSSR count). The average Bonchev–Trinajstić information content (AvgIpc) is 2.83. The number of nitrogens with zero attached hydrogens (tertiary/aromatic N) is 1. The smallest absolute Gasteiger partial charge is 0.317 e. The number of ketones is 1. The fraction of sp³-hybridized carbons (Fsp3) is 0.444. The van der Waals surface area contributed by atoms with Gasteiger partial charge in [-0.2, -0.15) is 0 Å². The van der Waals surface area contributed by atoms with Gasteiger partial charge in [0, 0.05) is 16.4 Å². The number of carbonyl (C=O) groups is 2. The van der Waals surface area contributed by atoms with Crippen LogP contribution in [0, 0.1) is 16.0 Å². The highest BCUT2D eigenvalue weighted by atomic mass is 32.2. The molecule has 8 nitrogen and oxygen atoms in total. The van der Waals surface area contributed by atoms with Crippen LogP contribution in [-0.2, 0) is 24.2 Å². The van der Waals surface area contributed by atoms with Gasteiger partial charge < -0.3 is 4.74 Å². The monoisotopic (exact) mass is 395 g/mol. The fourth-order valence-corrected chi connectivity index (χ4v) is 5.67. The molecular formula is C18H21NO7S. The van der Waals surface area contributed by atoms with Crippen LogP contribution in [-0.4, -0.2) is 43.5 Å². The van der Waals surface area contributed by atoms with Crippen molar-refractivity contribution in [3.8, 4) is 0 Å². The second-order valence-electron chi connectivity index (χ2n) is 6.36. The summed E-state index contributed by atoms with van der Waals surface area (Å²) in [5.74, 6) is -4.67. The predicted octanol–water partition coefficient (Wildman–Crippen LogP) is 1.89. The molecule has 9 heteroatoms. The minimum atomic E-state index is -4.03. The van der Waals surface area contributed by atoms with Crippen LogP contribution >= 0.6 is 0 Å². The number of benzene rings is 1. The maximum absolute atomic E-state index is 12.8. The summed E-state index contributed by atoms with van der Waals surface area (Å²) in [4.78, 5) is 35.2. The number of ether oxygens (including phenoxy) is 1. The van der Waals surface area contributed by atoms with Crippen molar-refractivity contribution in [2.75, 3.05) is 12.4 Å². The van der Waals surface area contributed by atoms with E-state index in [-0.39, 0.29) is 17.1 Å². The summed E-state index contributed by atoms with van der Waals surface area (Å²) < 4.78 is 30.6. The van der Waals surface area contributed by atoms with Gasteiger partial charge >= 0.3 is 5.97 Å². The summed E-state index contributed by atoms with van der Waals surface area (Å²) in [6, 6.07) is 6.79. The second kappa shape index (κ2) is 7.99. The zero-order valence-corrected chi connectivity index (χ0v) is 16.1. The van der Waals surface area contributed by atoms with E-state index in [4.69, 9.17) is 4.74 Å². The zero-order valence-electron chi connectivity index (χ0n) is 15.2. The first kappa shape index (κ1) is 20.8. The Bertz CT molecular complexity index is 890. The van der Waals surface area contributed by atoms with Gasteiger partial charge in [-0.15, -0.1) is 0 Å². The average molecular weight is 395 g/mol. The van der Waals surface area contributed by atoms with Crippen LogP contribution in [0.4, 0.5) is 0 Å². The number of nitro groups is 1. The van der Waals surface area contributed by atoms with Gasteiger partial charge in [0.25, 0.3) is 0 Å². The second-order valence-corrected chi connectivity index (χ2v) is 8.36. The number of esters is 1. The largest absolute Gasteiger partial charge is 0.465 e. The minimum absolute atomic E-state index is 0.0203. The molecule has 0 aromatic heterocycles. The van der Waals surface area contributed by atoms with Crippen LogP contribution in [0.2, 0.25) is 0 Å². The van der Waals surface area contributed by atoms with Gasteiger partial charge in [0.05, 0.1) is 11.5 Å². The van der Waals surface area contributed by atoms with Gasteiger partial charge in [-0.3, -0.25) is 19.7 Å². The van der Waals surface area contributed by atoms with Crippen molar-refractivity contribution in [2.24, 2.45) is 5.92 Å². The molecule has 0 amide bonds. The highest BCUT2D eigenvalue weighted by molar-refractivity contribution is 7.95. The minimum Gasteiger partial charge on any atom is -0.465 e. The molecule has 0 spiro atoms. The number of hydrogen-bond donors (Lipinski definition) is 0. The third-order valence-electron chi connectivity index (χ3n) is 4.61. The molecule has 0 saturated carbocycles. The standard InChI is InChI=1S/C18H21NO7S/c1-4-26-18(21)15(12(3)20)16(13-8-6-5-7-9-13)17-11(2)14(19(22)23)10-27(17,24)25/h5-9,14-16H,4,10H2,1-3H3/t14-,15+,16-/m1/s1. The molecule has 146 valence electrons. The highest BCUT2D eigenvalue weighted by Gasteiger charge is 2.50. The number of carbonyl (C=O) groups excluding carboxylic acids is 2. The lowest BCUT2D eigenvalue weighted by atomic mass is 9.81. The van der Waals surface area contributed by atoms with Crippen molar-refractivity contribution in [1.82, 2.24) is 0 Å². The molecule has 1 aromatic carbocycles. The van der Waals surface area contributed by atoms with Gasteiger partial charge in [-0.1, -0.05) is 30.3 Å². The lowest BCUT2D eigenvalue weighted by Gasteiger charge is -2.25. The molecule has 3 atom stereocenters. The van der Waals surface area contributed by atoms with E-state index in [1.165, 1.54) is 13.8 Å². The fourth-order valence-electron chi connectivity index (χ4n) is 3.41. The molecule has 1 heterocycles. The first-order valence-corrected chi connectivity index (χ1v) is 10.1. The van der Waals surface area contributed by atoms with E-state index in [0.717, 1.165) is 0 Å². The van der Waals surface area contributed by atoms with Crippen LogP contribution in [0.15, 0.2) is 40.8 Å². The van der Waals surface area contributed by atoms with E-state index in [1.54, 1.807) is 37.3 Å². The van der Waals surface area contributed by atoms with Crippen molar-refractivity contribution in [3.05, 3.63) is 56.5 Å². The van der Waals surface area contributed by atoms with E-state index >= 15 is 0 Å². The Labute approximate surface area is 157 Å². The molecule has 0 radical (unpaired) electrons. The normalized spacial score (nSPS) is 20.8. The Kier molecular flexibility index (Phi) is 6.15. The SMILES string of the molecule is CCOC(=O)[C@@H](C(C)=O)[C@H](C1=C(C)[C@H]([N+](=O)[O-])CS1(=O)=O)c1ccccc1. The van der Waals surface area contributed by atoms with E-state index in [1.807, 2.05) is 0 Å². The highest BCUT2D eigenvalue weighted by Crippen LogP contribution is 2.43. The number of allylic oxidation sites excluding steroid dienone is 1. The van der Waals surface area contributed by atoms with Gasteiger partial charge in [0.2, 0.25) is 6.04 Å². The van der Waals surface area contributed by atoms with Crippen LogP contribution in [0.3, 0.4) is 0 Å². The topological polar surface area (TPSA) is 121 Å². The van der Waals surface area contributed by atoms with Crippen molar-refractivity contribution in [3.63, 3.8) is 0 Å². The van der Waals surface area contributed by atoms with Crippen molar-refractivity contribution >= 4 is 21.6 Å². The summed E-state index contributed by atoms with van der Waals surface area (Å²) in [6.07, 6.45) is 0. The summed E-state index contributed by atoms with van der Waals surface area (Å²) in [7, 11) is -4.03. The molecule has 0 saturated heterocycles. The maximum atomic E-state index is 12.8. The molecule has 0 bridgehead atoms. The Hall–Kier alpha value is -2.55. The third kappa shape index (κ3) is 4.08. The summed E-state index contributed by atoms with van der Waals surface area (Å²) in [6.45, 7) is 4.14. The first-order valence-electron chi connectivity index (χ1n) is 8.40. The molecule has 1 aromatic rings. The van der Waals surface area contributed by atoms with Gasteiger partial charge in [-0.25, -0.2) is 8.42 Å². The number of rotatable bonds is 7. The van der Waals surface area contributed by atoms with E-state index in [0.29, 0.717) is 5.56 Å². The number of hydrogen-bond acceptors (Lipinski definition) is 7. The van der Waals surface area contributed by atoms with Crippen LogP contribution < -0.4 is 0 Å². The molecule has 0 N–H and O–H groups in total. The molecule has 0 fully saturated rings. The summed E-state index contributed by atoms with van der Waals surface area (Å²) >= 11 is 0. The molecule has 1 aliphatic rings. The lowest BCUT2D eigenvalue weighted by Crippen LogP contribution is -2.33. The summed E-state index contributed by atoms with van der Waals surface area (Å²) in [5.41, 5.74) is 0.456. The Morgan fingerprint density at radius 1 is 1.30 bits per heavy atom. The van der Waals surface area contributed by atoms with Gasteiger partial charge in [0.1, 0.15) is 17.5 Å². The molecule has 27 heavy (non-hydrogen) atoms. The predicted molar refractivity (Wildman–Crippen MR) is 97.3 cm³/mol. The van der Waals surface area contributed by atoms with E-state index in [2.05, 4.69) is 0 Å². The van der Waals surface area contributed by atoms with Crippen LogP contribution in [0.25, 0.3) is 0 Å². The van der Waals surface area contributed by atoms with Crippen LogP contribution in [0.5, 0.6) is 0 Å². The molecule has 0 aliphatic carbocycles. The number of sulfone groups is 1. The maximum Gasteiger partial charge on any atom is 0.317 e. The lowest BCUT2D eigenvalue weighted by molar-refractivity contribution is -0.505. The molecule has 0 unspecified atom stereocenters. The van der Waals surface area contributed by atoms with Crippen molar-refractivity contribution in [2.45, 2.75) is 32.7 Å².